The first-order chi connectivity index (χ1) is 17.9. The molecule has 0 aliphatic carbocycles. The van der Waals surface area contributed by atoms with Crippen molar-refractivity contribution in [2.45, 2.75) is 26.8 Å². The molecule has 0 spiro atoms. The standard InChI is InChI=1S/C29H36N2O5S/c1-21(2)18-31(29(33)24-10-6-7-11-25(24)34-3)20-28(32)30(19-23-9-8-16-37-23)15-14-22-12-13-26(35-4)27(17-22)36-5/h6-13,16-17,21H,14-15,18-20H2,1-5H3. The molecular weight excluding hydrogens is 488 g/mol. The maximum atomic E-state index is 13.7. The SMILES string of the molecule is COc1ccc(CCN(Cc2cccs2)C(=O)CN(CC(C)C)C(=O)c2ccccc2OC)cc1OC. The monoisotopic (exact) mass is 524 g/mol. The normalized spacial score (nSPS) is 10.8. The first kappa shape index (κ1) is 28.1. The fourth-order valence-electron chi connectivity index (χ4n) is 4.10. The smallest absolute Gasteiger partial charge is 0.258 e. The van der Waals surface area contributed by atoms with E-state index < -0.39 is 0 Å². The van der Waals surface area contributed by atoms with Gasteiger partial charge in [0.05, 0.1) is 33.4 Å². The Morgan fingerprint density at radius 3 is 2.24 bits per heavy atom. The summed E-state index contributed by atoms with van der Waals surface area (Å²) in [4.78, 5) is 31.7. The largest absolute Gasteiger partial charge is 0.496 e. The second-order valence-corrected chi connectivity index (χ2v) is 10.1. The van der Waals surface area contributed by atoms with E-state index in [1.807, 2.05) is 60.5 Å². The lowest BCUT2D eigenvalue weighted by Gasteiger charge is -2.29. The van der Waals surface area contributed by atoms with Crippen molar-refractivity contribution in [2.24, 2.45) is 5.92 Å². The van der Waals surface area contributed by atoms with Crippen LogP contribution in [0.3, 0.4) is 0 Å². The molecule has 1 aromatic heterocycles. The summed E-state index contributed by atoms with van der Waals surface area (Å²) >= 11 is 1.61. The van der Waals surface area contributed by atoms with Crippen LogP contribution in [-0.2, 0) is 17.8 Å². The van der Waals surface area contributed by atoms with Crippen LogP contribution in [0.4, 0.5) is 0 Å². The summed E-state index contributed by atoms with van der Waals surface area (Å²) < 4.78 is 16.2. The molecule has 0 N–H and O–H groups in total. The van der Waals surface area contributed by atoms with Crippen LogP contribution in [0.15, 0.2) is 60.0 Å². The highest BCUT2D eigenvalue weighted by Gasteiger charge is 2.25. The van der Waals surface area contributed by atoms with Crippen molar-refractivity contribution < 1.29 is 23.8 Å². The van der Waals surface area contributed by atoms with Gasteiger partial charge in [-0.25, -0.2) is 0 Å². The zero-order valence-corrected chi connectivity index (χ0v) is 23.0. The third-order valence-electron chi connectivity index (χ3n) is 5.93. The van der Waals surface area contributed by atoms with Gasteiger partial charge in [-0.2, -0.15) is 0 Å². The van der Waals surface area contributed by atoms with Gasteiger partial charge >= 0.3 is 0 Å². The third-order valence-corrected chi connectivity index (χ3v) is 6.80. The maximum Gasteiger partial charge on any atom is 0.258 e. The van der Waals surface area contributed by atoms with Crippen LogP contribution in [0.25, 0.3) is 0 Å². The van der Waals surface area contributed by atoms with Crippen molar-refractivity contribution in [2.75, 3.05) is 41.0 Å². The molecule has 2 aromatic carbocycles. The molecule has 1 heterocycles. The fraction of sp³-hybridized carbons (Fsp3) is 0.379. The lowest BCUT2D eigenvalue weighted by Crippen LogP contribution is -2.44. The quantitative estimate of drug-likeness (QED) is 0.310. The van der Waals surface area contributed by atoms with Crippen LogP contribution in [0.2, 0.25) is 0 Å². The molecule has 7 nitrogen and oxygen atoms in total. The second kappa shape index (κ2) is 13.7. The van der Waals surface area contributed by atoms with E-state index in [-0.39, 0.29) is 24.3 Å². The van der Waals surface area contributed by atoms with Gasteiger partial charge in [0, 0.05) is 18.0 Å². The maximum absolute atomic E-state index is 13.7. The van der Waals surface area contributed by atoms with Gasteiger partial charge in [0.25, 0.3) is 5.91 Å². The van der Waals surface area contributed by atoms with E-state index >= 15 is 0 Å². The number of rotatable bonds is 13. The first-order valence-corrected chi connectivity index (χ1v) is 13.2. The van der Waals surface area contributed by atoms with E-state index in [1.165, 1.54) is 0 Å². The number of para-hydroxylation sites is 1. The summed E-state index contributed by atoms with van der Waals surface area (Å²) in [6, 6.07) is 16.9. The Hall–Kier alpha value is -3.52. The van der Waals surface area contributed by atoms with Crippen molar-refractivity contribution in [1.29, 1.82) is 0 Å². The average molecular weight is 525 g/mol. The van der Waals surface area contributed by atoms with Gasteiger partial charge in [-0.05, 0) is 53.6 Å². The number of thiophene rings is 1. The molecule has 0 saturated carbocycles. The number of carbonyl (C=O) groups is 2. The van der Waals surface area contributed by atoms with Crippen molar-refractivity contribution >= 4 is 23.2 Å². The summed E-state index contributed by atoms with van der Waals surface area (Å²) in [5.74, 6) is 1.70. The molecule has 0 radical (unpaired) electrons. The number of carbonyl (C=O) groups excluding carboxylic acids is 2. The highest BCUT2D eigenvalue weighted by molar-refractivity contribution is 7.09. The van der Waals surface area contributed by atoms with Crippen LogP contribution in [0, 0.1) is 5.92 Å². The van der Waals surface area contributed by atoms with Crippen molar-refractivity contribution in [3.05, 3.63) is 76.0 Å². The minimum atomic E-state index is -0.213. The van der Waals surface area contributed by atoms with Crippen LogP contribution in [-0.4, -0.2) is 62.6 Å². The number of hydrogen-bond acceptors (Lipinski definition) is 6. The van der Waals surface area contributed by atoms with E-state index in [1.54, 1.807) is 55.8 Å². The molecule has 0 bridgehead atoms. The lowest BCUT2D eigenvalue weighted by atomic mass is 10.1. The molecule has 0 aliphatic rings. The molecule has 0 atom stereocenters. The Labute approximate surface area is 223 Å². The van der Waals surface area contributed by atoms with Crippen molar-refractivity contribution in [3.63, 3.8) is 0 Å². The van der Waals surface area contributed by atoms with Crippen LogP contribution in [0.5, 0.6) is 17.2 Å². The number of ether oxygens (including phenoxy) is 3. The highest BCUT2D eigenvalue weighted by Crippen LogP contribution is 2.28. The number of methoxy groups -OCH3 is 3. The molecule has 37 heavy (non-hydrogen) atoms. The van der Waals surface area contributed by atoms with E-state index in [0.29, 0.717) is 48.9 Å². The number of benzene rings is 2. The topological polar surface area (TPSA) is 68.3 Å². The van der Waals surface area contributed by atoms with E-state index in [4.69, 9.17) is 14.2 Å². The van der Waals surface area contributed by atoms with Crippen LogP contribution in [0.1, 0.15) is 34.6 Å². The van der Waals surface area contributed by atoms with Crippen molar-refractivity contribution in [3.8, 4) is 17.2 Å². The number of amides is 2. The zero-order valence-electron chi connectivity index (χ0n) is 22.2. The Bertz CT molecular complexity index is 1160. The van der Waals surface area contributed by atoms with Crippen LogP contribution >= 0.6 is 11.3 Å². The van der Waals surface area contributed by atoms with Crippen molar-refractivity contribution in [1.82, 2.24) is 9.80 Å². The van der Waals surface area contributed by atoms with Gasteiger partial charge in [-0.3, -0.25) is 9.59 Å². The third kappa shape index (κ3) is 7.73. The first-order valence-electron chi connectivity index (χ1n) is 12.3. The van der Waals surface area contributed by atoms with Gasteiger partial charge in [0.15, 0.2) is 11.5 Å². The van der Waals surface area contributed by atoms with E-state index in [2.05, 4.69) is 0 Å². The molecule has 3 rings (SSSR count). The molecule has 8 heteroatoms. The van der Waals surface area contributed by atoms with Gasteiger partial charge in [-0.15, -0.1) is 11.3 Å². The molecule has 0 fully saturated rings. The van der Waals surface area contributed by atoms with Crippen LogP contribution < -0.4 is 14.2 Å². The minimum Gasteiger partial charge on any atom is -0.496 e. The average Bonchev–Trinajstić information content (AvgIpc) is 3.42. The Morgan fingerprint density at radius 2 is 1.59 bits per heavy atom. The van der Waals surface area contributed by atoms with E-state index in [0.717, 1.165) is 10.4 Å². The zero-order chi connectivity index (χ0) is 26.8. The van der Waals surface area contributed by atoms with Gasteiger partial charge in [0.2, 0.25) is 5.91 Å². The summed E-state index contributed by atoms with van der Waals surface area (Å²) in [6.45, 7) is 5.52. The lowest BCUT2D eigenvalue weighted by molar-refractivity contribution is -0.132. The highest BCUT2D eigenvalue weighted by atomic mass is 32.1. The summed E-state index contributed by atoms with van der Waals surface area (Å²) in [5, 5.41) is 2.00. The molecule has 2 amide bonds. The molecule has 0 saturated heterocycles. The Balaban J connectivity index is 1.80. The molecule has 0 unspecified atom stereocenters. The predicted molar refractivity (Wildman–Crippen MR) is 147 cm³/mol. The Morgan fingerprint density at radius 1 is 0.865 bits per heavy atom. The molecule has 0 aliphatic heterocycles. The van der Waals surface area contributed by atoms with Gasteiger partial charge < -0.3 is 24.0 Å². The number of hydrogen-bond donors (Lipinski definition) is 0. The second-order valence-electron chi connectivity index (χ2n) is 9.11. The fourth-order valence-corrected chi connectivity index (χ4v) is 4.82. The molecule has 198 valence electrons. The van der Waals surface area contributed by atoms with E-state index in [9.17, 15) is 9.59 Å². The summed E-state index contributed by atoms with van der Waals surface area (Å²) in [5.41, 5.74) is 1.49. The van der Waals surface area contributed by atoms with Gasteiger partial charge in [0.1, 0.15) is 12.3 Å². The molecule has 3 aromatic rings. The minimum absolute atomic E-state index is 0.00757. The summed E-state index contributed by atoms with van der Waals surface area (Å²) in [7, 11) is 4.76. The summed E-state index contributed by atoms with van der Waals surface area (Å²) in [6.07, 6.45) is 0.641. The Kier molecular flexibility index (Phi) is 10.4. The predicted octanol–water partition coefficient (Wildman–Crippen LogP) is 5.14. The van der Waals surface area contributed by atoms with Gasteiger partial charge in [-0.1, -0.05) is 38.1 Å². The number of nitrogens with zero attached hydrogens (tertiary/aromatic N) is 2. The molecular formula is C29H36N2O5S.